The summed E-state index contributed by atoms with van der Waals surface area (Å²) in [6.45, 7) is 3.53. The summed E-state index contributed by atoms with van der Waals surface area (Å²) < 4.78 is 22.9. The Kier molecular flexibility index (Phi) is 3.91. The molecule has 1 aromatic carbocycles. The largest absolute Gasteiger partial charge is 0.326 e. The van der Waals surface area contributed by atoms with Crippen LogP contribution in [0, 0.1) is 11.8 Å². The van der Waals surface area contributed by atoms with Crippen LogP contribution in [0.3, 0.4) is 0 Å². The van der Waals surface area contributed by atoms with E-state index in [0.29, 0.717) is 12.2 Å². The predicted octanol–water partition coefficient (Wildman–Crippen LogP) is 0.884. The Labute approximate surface area is 113 Å². The number of hydrogen-bond acceptors (Lipinski definition) is 4. The molecule has 2 unspecified atom stereocenters. The molecule has 1 saturated heterocycles. The van der Waals surface area contributed by atoms with Crippen LogP contribution in [-0.2, 0) is 14.6 Å². The fraction of sp³-hybridized carbons (Fsp3) is 0.462. The highest BCUT2D eigenvalue weighted by Crippen LogP contribution is 2.20. The highest BCUT2D eigenvalue weighted by atomic mass is 32.2. The van der Waals surface area contributed by atoms with Crippen molar-refractivity contribution in [2.24, 2.45) is 11.8 Å². The van der Waals surface area contributed by atoms with Gasteiger partial charge in [-0.05, 0) is 30.7 Å². The Morgan fingerprint density at radius 2 is 2.11 bits per heavy atom. The summed E-state index contributed by atoms with van der Waals surface area (Å²) in [4.78, 5) is 12.3. The van der Waals surface area contributed by atoms with E-state index in [4.69, 9.17) is 0 Å². The fourth-order valence-corrected chi connectivity index (χ4v) is 2.87. The second-order valence-electron chi connectivity index (χ2n) is 5.03. The lowest BCUT2D eigenvalue weighted by atomic mass is 9.97. The maximum atomic E-state index is 12.1. The molecule has 2 atom stereocenters. The van der Waals surface area contributed by atoms with Crippen molar-refractivity contribution in [2.45, 2.75) is 11.8 Å². The first-order chi connectivity index (χ1) is 8.88. The van der Waals surface area contributed by atoms with Crippen LogP contribution in [0.15, 0.2) is 29.2 Å². The van der Waals surface area contributed by atoms with Crippen molar-refractivity contribution in [3.63, 3.8) is 0 Å². The molecule has 1 amide bonds. The van der Waals surface area contributed by atoms with Crippen molar-refractivity contribution in [1.82, 2.24) is 5.32 Å². The zero-order chi connectivity index (χ0) is 14.0. The van der Waals surface area contributed by atoms with Crippen molar-refractivity contribution in [1.29, 1.82) is 0 Å². The van der Waals surface area contributed by atoms with E-state index in [9.17, 15) is 13.2 Å². The number of carbonyl (C=O) groups excluding carboxylic acids is 1. The Bertz CT molecular complexity index is 583. The molecule has 0 aliphatic carbocycles. The SMILES string of the molecule is CC1CNCC1C(=O)Nc1cccc(S(C)(=O)=O)c1. The average molecular weight is 282 g/mol. The molecule has 0 bridgehead atoms. The first-order valence-corrected chi connectivity index (χ1v) is 8.09. The summed E-state index contributed by atoms with van der Waals surface area (Å²) in [6.07, 6.45) is 1.15. The number of nitrogens with one attached hydrogen (secondary N) is 2. The van der Waals surface area contributed by atoms with Crippen molar-refractivity contribution >= 4 is 21.4 Å². The molecule has 104 valence electrons. The number of anilines is 1. The third kappa shape index (κ3) is 3.33. The van der Waals surface area contributed by atoms with Gasteiger partial charge in [-0.25, -0.2) is 8.42 Å². The van der Waals surface area contributed by atoms with Crippen molar-refractivity contribution in [2.75, 3.05) is 24.7 Å². The van der Waals surface area contributed by atoms with Crippen molar-refractivity contribution in [3.05, 3.63) is 24.3 Å². The lowest BCUT2D eigenvalue weighted by Crippen LogP contribution is -2.27. The molecule has 1 heterocycles. The first kappa shape index (κ1) is 14.0. The number of sulfone groups is 1. The number of carbonyl (C=O) groups is 1. The van der Waals surface area contributed by atoms with Gasteiger partial charge in [0.1, 0.15) is 0 Å². The number of benzene rings is 1. The number of amides is 1. The van der Waals surface area contributed by atoms with Crippen LogP contribution in [0.1, 0.15) is 6.92 Å². The minimum absolute atomic E-state index is 0.0665. The van der Waals surface area contributed by atoms with Crippen LogP contribution in [-0.4, -0.2) is 33.7 Å². The van der Waals surface area contributed by atoms with Gasteiger partial charge in [0.15, 0.2) is 9.84 Å². The molecule has 0 aromatic heterocycles. The van der Waals surface area contributed by atoms with Crippen LogP contribution in [0.25, 0.3) is 0 Å². The monoisotopic (exact) mass is 282 g/mol. The van der Waals surface area contributed by atoms with Gasteiger partial charge in [-0.2, -0.15) is 0 Å². The fourth-order valence-electron chi connectivity index (χ4n) is 2.20. The maximum absolute atomic E-state index is 12.1. The third-order valence-electron chi connectivity index (χ3n) is 3.38. The number of rotatable bonds is 3. The van der Waals surface area contributed by atoms with Crippen LogP contribution in [0.5, 0.6) is 0 Å². The maximum Gasteiger partial charge on any atom is 0.229 e. The molecule has 0 saturated carbocycles. The summed E-state index contributed by atoms with van der Waals surface area (Å²) in [7, 11) is -3.25. The van der Waals surface area contributed by atoms with E-state index in [1.54, 1.807) is 12.1 Å². The lowest BCUT2D eigenvalue weighted by molar-refractivity contribution is -0.120. The van der Waals surface area contributed by atoms with Crippen LogP contribution < -0.4 is 10.6 Å². The Balaban J connectivity index is 2.13. The van der Waals surface area contributed by atoms with Crippen molar-refractivity contribution < 1.29 is 13.2 Å². The molecule has 2 N–H and O–H groups in total. The minimum Gasteiger partial charge on any atom is -0.326 e. The summed E-state index contributed by atoms with van der Waals surface area (Å²) in [5.74, 6) is 0.156. The average Bonchev–Trinajstić information content (AvgIpc) is 2.75. The smallest absolute Gasteiger partial charge is 0.229 e. The zero-order valence-corrected chi connectivity index (χ0v) is 11.8. The highest BCUT2D eigenvalue weighted by molar-refractivity contribution is 7.90. The van der Waals surface area contributed by atoms with Gasteiger partial charge in [-0.15, -0.1) is 0 Å². The van der Waals surface area contributed by atoms with Gasteiger partial charge in [0.25, 0.3) is 0 Å². The van der Waals surface area contributed by atoms with E-state index in [2.05, 4.69) is 10.6 Å². The number of hydrogen-bond donors (Lipinski definition) is 2. The Hall–Kier alpha value is -1.40. The van der Waals surface area contributed by atoms with Crippen LogP contribution in [0.2, 0.25) is 0 Å². The summed E-state index contributed by atoms with van der Waals surface area (Å²) in [5, 5.41) is 5.95. The summed E-state index contributed by atoms with van der Waals surface area (Å²) in [5.41, 5.74) is 0.520. The second-order valence-corrected chi connectivity index (χ2v) is 7.05. The normalized spacial score (nSPS) is 23.3. The molecule has 0 radical (unpaired) electrons. The van der Waals surface area contributed by atoms with Gasteiger partial charge < -0.3 is 10.6 Å². The summed E-state index contributed by atoms with van der Waals surface area (Å²) >= 11 is 0. The van der Waals surface area contributed by atoms with Crippen LogP contribution >= 0.6 is 0 Å². The minimum atomic E-state index is -3.25. The Morgan fingerprint density at radius 1 is 1.37 bits per heavy atom. The van der Waals surface area contributed by atoms with E-state index in [1.165, 1.54) is 12.1 Å². The molecule has 19 heavy (non-hydrogen) atoms. The summed E-state index contributed by atoms with van der Waals surface area (Å²) in [6, 6.07) is 6.33. The molecular formula is C13H18N2O3S. The molecule has 6 heteroatoms. The topological polar surface area (TPSA) is 75.3 Å². The van der Waals surface area contributed by atoms with E-state index in [0.717, 1.165) is 12.8 Å². The van der Waals surface area contributed by atoms with Crippen molar-refractivity contribution in [3.8, 4) is 0 Å². The van der Waals surface area contributed by atoms with E-state index >= 15 is 0 Å². The quantitative estimate of drug-likeness (QED) is 0.863. The zero-order valence-electron chi connectivity index (χ0n) is 11.0. The van der Waals surface area contributed by atoms with E-state index in [-0.39, 0.29) is 22.6 Å². The van der Waals surface area contributed by atoms with Gasteiger partial charge in [0.05, 0.1) is 10.8 Å². The molecule has 1 aromatic rings. The molecule has 2 rings (SSSR count). The molecule has 1 fully saturated rings. The van der Waals surface area contributed by atoms with Gasteiger partial charge in [-0.1, -0.05) is 13.0 Å². The predicted molar refractivity (Wildman–Crippen MR) is 73.7 cm³/mol. The molecular weight excluding hydrogens is 264 g/mol. The second kappa shape index (κ2) is 5.30. The lowest BCUT2D eigenvalue weighted by Gasteiger charge is -2.14. The highest BCUT2D eigenvalue weighted by Gasteiger charge is 2.29. The van der Waals surface area contributed by atoms with Gasteiger partial charge in [-0.3, -0.25) is 4.79 Å². The Morgan fingerprint density at radius 3 is 2.68 bits per heavy atom. The van der Waals surface area contributed by atoms with Gasteiger partial charge >= 0.3 is 0 Å². The standard InChI is InChI=1S/C13H18N2O3S/c1-9-7-14-8-12(9)13(16)15-10-4-3-5-11(6-10)19(2,17)18/h3-6,9,12,14H,7-8H2,1-2H3,(H,15,16). The molecule has 1 aliphatic heterocycles. The molecule has 1 aliphatic rings. The third-order valence-corrected chi connectivity index (χ3v) is 4.49. The van der Waals surface area contributed by atoms with E-state index < -0.39 is 9.84 Å². The first-order valence-electron chi connectivity index (χ1n) is 6.19. The van der Waals surface area contributed by atoms with Gasteiger partial charge in [0.2, 0.25) is 5.91 Å². The van der Waals surface area contributed by atoms with E-state index in [1.807, 2.05) is 6.92 Å². The molecule has 5 nitrogen and oxygen atoms in total. The van der Waals surface area contributed by atoms with Crippen LogP contribution in [0.4, 0.5) is 5.69 Å². The van der Waals surface area contributed by atoms with Gasteiger partial charge in [0, 0.05) is 18.5 Å². The molecule has 0 spiro atoms.